The highest BCUT2D eigenvalue weighted by Crippen LogP contribution is 2.33. The van der Waals surface area contributed by atoms with Gasteiger partial charge in [-0.1, -0.05) is 44.2 Å². The minimum Gasteiger partial charge on any atom is -0.444 e. The molecule has 2 aromatic carbocycles. The number of benzene rings is 2. The summed E-state index contributed by atoms with van der Waals surface area (Å²) in [5.41, 5.74) is 2.96. The highest BCUT2D eigenvalue weighted by atomic mass is 32.2. The highest BCUT2D eigenvalue weighted by Gasteiger charge is 2.36. The third-order valence-corrected chi connectivity index (χ3v) is 7.69. The Labute approximate surface area is 172 Å². The van der Waals surface area contributed by atoms with Crippen molar-refractivity contribution in [3.63, 3.8) is 0 Å². The van der Waals surface area contributed by atoms with Crippen molar-refractivity contribution >= 4 is 21.8 Å². The molecule has 0 N–H and O–H groups in total. The van der Waals surface area contributed by atoms with Gasteiger partial charge in [-0.25, -0.2) is 13.2 Å². The molecule has 2 aliphatic heterocycles. The quantitative estimate of drug-likeness (QED) is 0.755. The maximum Gasteiger partial charge on any atom is 0.414 e. The first kappa shape index (κ1) is 19.9. The Bertz CT molecular complexity index is 994. The van der Waals surface area contributed by atoms with Crippen LogP contribution in [0.1, 0.15) is 43.7 Å². The molecule has 29 heavy (non-hydrogen) atoms. The van der Waals surface area contributed by atoms with Crippen molar-refractivity contribution < 1.29 is 17.9 Å². The van der Waals surface area contributed by atoms with Crippen LogP contribution in [-0.4, -0.2) is 37.9 Å². The van der Waals surface area contributed by atoms with Crippen LogP contribution in [0.5, 0.6) is 0 Å². The maximum absolute atomic E-state index is 13.0. The summed E-state index contributed by atoms with van der Waals surface area (Å²) in [5, 5.41) is 0. The molecule has 4 rings (SSSR count). The smallest absolute Gasteiger partial charge is 0.414 e. The van der Waals surface area contributed by atoms with Crippen molar-refractivity contribution in [1.82, 2.24) is 4.31 Å². The number of sulfonamides is 1. The molecule has 2 aromatic rings. The normalized spacial score (nSPS) is 18.6. The van der Waals surface area contributed by atoms with Crippen LogP contribution in [0.25, 0.3) is 0 Å². The Kier molecular flexibility index (Phi) is 5.36. The third kappa shape index (κ3) is 3.76. The first-order chi connectivity index (χ1) is 13.9. The molecule has 1 fully saturated rings. The molecule has 0 spiro atoms. The van der Waals surface area contributed by atoms with E-state index in [1.807, 2.05) is 36.4 Å². The SMILES string of the molecule is CC(C)c1ccc(S(=O)(=O)N2CCC(N3C(=O)OCc4ccccc43)CC2)cc1. The molecule has 0 aliphatic carbocycles. The van der Waals surface area contributed by atoms with Crippen molar-refractivity contribution in [3.8, 4) is 0 Å². The maximum atomic E-state index is 13.0. The lowest BCUT2D eigenvalue weighted by atomic mass is 10.0. The van der Waals surface area contributed by atoms with Crippen molar-refractivity contribution in [2.45, 2.75) is 50.2 Å². The number of para-hydroxylation sites is 1. The number of hydrogen-bond donors (Lipinski definition) is 0. The van der Waals surface area contributed by atoms with E-state index >= 15 is 0 Å². The number of anilines is 1. The number of cyclic esters (lactones) is 1. The lowest BCUT2D eigenvalue weighted by Crippen LogP contribution is -2.50. The molecule has 2 heterocycles. The van der Waals surface area contributed by atoms with Crippen LogP contribution in [0.3, 0.4) is 0 Å². The average molecular weight is 415 g/mol. The van der Waals surface area contributed by atoms with Gasteiger partial charge < -0.3 is 4.74 Å². The minimum absolute atomic E-state index is 0.0706. The van der Waals surface area contributed by atoms with Crippen molar-refractivity contribution in [2.75, 3.05) is 18.0 Å². The molecular formula is C22H26N2O4S. The lowest BCUT2D eigenvalue weighted by molar-refractivity contribution is 0.136. The van der Waals surface area contributed by atoms with Gasteiger partial charge in [-0.05, 0) is 42.5 Å². The van der Waals surface area contributed by atoms with Gasteiger partial charge in [-0.2, -0.15) is 4.31 Å². The number of amides is 1. The number of ether oxygens (including phenoxy) is 1. The molecule has 2 aliphatic rings. The molecule has 7 heteroatoms. The van der Waals surface area contributed by atoms with Crippen LogP contribution in [0, 0.1) is 0 Å². The Hall–Kier alpha value is -2.38. The fourth-order valence-electron chi connectivity index (χ4n) is 4.04. The monoisotopic (exact) mass is 414 g/mol. The summed E-state index contributed by atoms with van der Waals surface area (Å²) in [6.07, 6.45) is 0.800. The number of carbonyl (C=O) groups excluding carboxylic acids is 1. The summed E-state index contributed by atoms with van der Waals surface area (Å²) < 4.78 is 32.9. The molecule has 0 unspecified atom stereocenters. The van der Waals surface area contributed by atoms with Gasteiger partial charge in [-0.15, -0.1) is 0 Å². The first-order valence-electron chi connectivity index (χ1n) is 10.0. The molecule has 1 amide bonds. The van der Waals surface area contributed by atoms with Gasteiger partial charge in [0.1, 0.15) is 6.61 Å². The number of fused-ring (bicyclic) bond motifs is 1. The van der Waals surface area contributed by atoms with E-state index in [1.54, 1.807) is 17.0 Å². The van der Waals surface area contributed by atoms with Crippen LogP contribution in [0.4, 0.5) is 10.5 Å². The Morgan fingerprint density at radius 3 is 2.31 bits per heavy atom. The Morgan fingerprint density at radius 1 is 1.00 bits per heavy atom. The van der Waals surface area contributed by atoms with Gasteiger partial charge in [0.2, 0.25) is 10.0 Å². The second-order valence-corrected chi connectivity index (χ2v) is 9.85. The van der Waals surface area contributed by atoms with Crippen molar-refractivity contribution in [1.29, 1.82) is 0 Å². The molecule has 0 atom stereocenters. The first-order valence-corrected chi connectivity index (χ1v) is 11.5. The molecule has 0 radical (unpaired) electrons. The summed E-state index contributed by atoms with van der Waals surface area (Å²) in [4.78, 5) is 14.4. The number of nitrogens with zero attached hydrogens (tertiary/aromatic N) is 2. The summed E-state index contributed by atoms with van der Waals surface area (Å²) in [5.74, 6) is 0.356. The summed E-state index contributed by atoms with van der Waals surface area (Å²) in [6, 6.07) is 14.8. The fourth-order valence-corrected chi connectivity index (χ4v) is 5.51. The van der Waals surface area contributed by atoms with E-state index in [1.165, 1.54) is 4.31 Å². The van der Waals surface area contributed by atoms with Crippen LogP contribution in [0.2, 0.25) is 0 Å². The van der Waals surface area contributed by atoms with Crippen LogP contribution >= 0.6 is 0 Å². The van der Waals surface area contributed by atoms with E-state index in [-0.39, 0.29) is 18.7 Å². The van der Waals surface area contributed by atoms with E-state index in [0.29, 0.717) is 36.7 Å². The van der Waals surface area contributed by atoms with Gasteiger partial charge in [0.05, 0.1) is 10.6 Å². The molecule has 154 valence electrons. The number of piperidine rings is 1. The predicted molar refractivity (Wildman–Crippen MR) is 111 cm³/mol. The lowest BCUT2D eigenvalue weighted by Gasteiger charge is -2.39. The van der Waals surface area contributed by atoms with E-state index < -0.39 is 10.0 Å². The summed E-state index contributed by atoms with van der Waals surface area (Å²) >= 11 is 0. The van der Waals surface area contributed by atoms with E-state index in [0.717, 1.165) is 16.8 Å². The Balaban J connectivity index is 1.49. The zero-order valence-electron chi connectivity index (χ0n) is 16.7. The predicted octanol–water partition coefficient (Wildman–Crippen LogP) is 4.12. The van der Waals surface area contributed by atoms with Crippen LogP contribution in [0.15, 0.2) is 53.4 Å². The zero-order valence-corrected chi connectivity index (χ0v) is 17.6. The molecular weight excluding hydrogens is 388 g/mol. The standard InChI is InChI=1S/C22H26N2O4S/c1-16(2)17-7-9-20(10-8-17)29(26,27)23-13-11-19(12-14-23)24-21-6-4-3-5-18(21)15-28-22(24)25/h3-10,16,19H,11-15H2,1-2H3. The molecule has 6 nitrogen and oxygen atoms in total. The third-order valence-electron chi connectivity index (χ3n) is 5.77. The highest BCUT2D eigenvalue weighted by molar-refractivity contribution is 7.89. The van der Waals surface area contributed by atoms with Crippen LogP contribution < -0.4 is 4.90 Å². The van der Waals surface area contributed by atoms with E-state index in [9.17, 15) is 13.2 Å². The average Bonchev–Trinajstić information content (AvgIpc) is 2.74. The summed E-state index contributed by atoms with van der Waals surface area (Å²) in [7, 11) is -3.53. The zero-order chi connectivity index (χ0) is 20.6. The number of carbonyl (C=O) groups is 1. The molecule has 0 bridgehead atoms. The largest absolute Gasteiger partial charge is 0.444 e. The molecule has 1 saturated heterocycles. The molecule has 0 aromatic heterocycles. The topological polar surface area (TPSA) is 66.9 Å². The van der Waals surface area contributed by atoms with Crippen LogP contribution in [-0.2, 0) is 21.4 Å². The second kappa shape index (κ2) is 7.80. The van der Waals surface area contributed by atoms with Crippen molar-refractivity contribution in [3.05, 3.63) is 59.7 Å². The fraction of sp³-hybridized carbons (Fsp3) is 0.409. The van der Waals surface area contributed by atoms with Gasteiger partial charge >= 0.3 is 6.09 Å². The Morgan fingerprint density at radius 2 is 1.66 bits per heavy atom. The van der Waals surface area contributed by atoms with Gasteiger partial charge in [-0.3, -0.25) is 4.90 Å². The number of hydrogen-bond acceptors (Lipinski definition) is 4. The van der Waals surface area contributed by atoms with Gasteiger partial charge in [0.25, 0.3) is 0 Å². The van der Waals surface area contributed by atoms with Crippen molar-refractivity contribution in [2.24, 2.45) is 0 Å². The van der Waals surface area contributed by atoms with E-state index in [2.05, 4.69) is 13.8 Å². The summed E-state index contributed by atoms with van der Waals surface area (Å²) in [6.45, 7) is 5.21. The number of rotatable bonds is 4. The molecule has 0 saturated carbocycles. The minimum atomic E-state index is -3.53. The van der Waals surface area contributed by atoms with Gasteiger partial charge in [0.15, 0.2) is 0 Å². The van der Waals surface area contributed by atoms with Gasteiger partial charge in [0, 0.05) is 24.7 Å². The second-order valence-electron chi connectivity index (χ2n) is 7.91. The van der Waals surface area contributed by atoms with E-state index in [4.69, 9.17) is 4.74 Å².